The lowest BCUT2D eigenvalue weighted by Gasteiger charge is -2.33. The maximum Gasteiger partial charge on any atom is -0.0104 e. The first-order valence-corrected chi connectivity index (χ1v) is 15.6. The number of allylic oxidation sites excluding steroid dienone is 20. The molecule has 2 rings (SSSR count). The van der Waals surface area contributed by atoms with Crippen LogP contribution in [0, 0.1) is 16.7 Å². The quantitative estimate of drug-likeness (QED) is 0.229. The molecule has 0 saturated heterocycles. The van der Waals surface area contributed by atoms with Crippen molar-refractivity contribution < 1.29 is 0 Å². The SMILES string of the molecule is CC1=C(/C=C\C(C)C\C=C/C(C)=C/C=C/C=C(C)/C=C/C=C(C)/C=C/C2=C(C)CCCC2(C)C)C(C)(C)CCC1. The van der Waals surface area contributed by atoms with Crippen LogP contribution in [0.3, 0.4) is 0 Å². The Bertz CT molecular complexity index is 1150. The van der Waals surface area contributed by atoms with Crippen molar-refractivity contribution in [2.24, 2.45) is 16.7 Å². The molecule has 0 fully saturated rings. The third-order valence-electron chi connectivity index (χ3n) is 8.63. The van der Waals surface area contributed by atoms with Crippen molar-refractivity contribution >= 4 is 0 Å². The Morgan fingerprint density at radius 2 is 1.15 bits per heavy atom. The number of hydrogen-bond donors (Lipinski definition) is 0. The standard InChI is InChI=1S/C40H58/c1-31(19-13-21-33(3)25-27-37-35(5)23-15-29-39(37,7)8)17-11-12-18-32(2)20-14-22-34(4)26-28-38-36(6)24-16-30-40(38,9)10/h11-14,17-21,25-28,34H,15-16,22-24,29-30H2,1-10H3/b12-11+,19-13+,20-14-,27-25+,28-26-,31-17+,32-18+,33-21+. The minimum absolute atomic E-state index is 0.294. The molecule has 0 N–H and O–H groups in total. The van der Waals surface area contributed by atoms with Crippen LogP contribution >= 0.6 is 0 Å². The lowest BCUT2D eigenvalue weighted by atomic mass is 9.72. The zero-order valence-corrected chi connectivity index (χ0v) is 27.5. The van der Waals surface area contributed by atoms with Crippen LogP contribution in [0.4, 0.5) is 0 Å². The highest BCUT2D eigenvalue weighted by atomic mass is 14.3. The Morgan fingerprint density at radius 1 is 0.675 bits per heavy atom. The lowest BCUT2D eigenvalue weighted by molar-refractivity contribution is 0.376. The van der Waals surface area contributed by atoms with Gasteiger partial charge in [-0.1, -0.05) is 141 Å². The van der Waals surface area contributed by atoms with Gasteiger partial charge in [0.25, 0.3) is 0 Å². The van der Waals surface area contributed by atoms with E-state index >= 15 is 0 Å². The molecule has 40 heavy (non-hydrogen) atoms. The van der Waals surface area contributed by atoms with Gasteiger partial charge >= 0.3 is 0 Å². The summed E-state index contributed by atoms with van der Waals surface area (Å²) in [5.74, 6) is 0.545. The molecule has 1 atom stereocenters. The van der Waals surface area contributed by atoms with Crippen LogP contribution in [0.25, 0.3) is 0 Å². The van der Waals surface area contributed by atoms with Gasteiger partial charge in [0.05, 0.1) is 0 Å². The summed E-state index contributed by atoms with van der Waals surface area (Å²) in [7, 11) is 0. The van der Waals surface area contributed by atoms with E-state index in [9.17, 15) is 0 Å². The molecule has 0 spiro atoms. The van der Waals surface area contributed by atoms with Crippen LogP contribution in [0.15, 0.2) is 118 Å². The van der Waals surface area contributed by atoms with Crippen molar-refractivity contribution in [1.29, 1.82) is 0 Å². The topological polar surface area (TPSA) is 0 Å². The molecule has 1 unspecified atom stereocenters. The van der Waals surface area contributed by atoms with E-state index in [-0.39, 0.29) is 0 Å². The molecule has 218 valence electrons. The fraction of sp³-hybridized carbons (Fsp3) is 0.500. The summed E-state index contributed by atoms with van der Waals surface area (Å²) in [5.41, 5.74) is 10.6. The van der Waals surface area contributed by atoms with Gasteiger partial charge in [-0.3, -0.25) is 0 Å². The molecule has 0 amide bonds. The summed E-state index contributed by atoms with van der Waals surface area (Å²) in [6.45, 7) is 23.0. The Hall–Kier alpha value is -2.60. The number of hydrogen-bond acceptors (Lipinski definition) is 0. The molecular formula is C40H58. The van der Waals surface area contributed by atoms with Gasteiger partial charge in [0.1, 0.15) is 0 Å². The maximum absolute atomic E-state index is 2.41. The zero-order valence-electron chi connectivity index (χ0n) is 27.5. The molecule has 0 heterocycles. The normalized spacial score (nSPS) is 22.3. The van der Waals surface area contributed by atoms with E-state index < -0.39 is 0 Å². The van der Waals surface area contributed by atoms with E-state index in [0.717, 1.165) is 6.42 Å². The van der Waals surface area contributed by atoms with E-state index in [4.69, 9.17) is 0 Å². The molecule has 0 bridgehead atoms. The van der Waals surface area contributed by atoms with Crippen LogP contribution < -0.4 is 0 Å². The van der Waals surface area contributed by atoms with E-state index in [1.807, 2.05) is 0 Å². The third-order valence-corrected chi connectivity index (χ3v) is 8.63. The first-order chi connectivity index (χ1) is 18.8. The van der Waals surface area contributed by atoms with Gasteiger partial charge in [-0.05, 0) is 107 Å². The van der Waals surface area contributed by atoms with Gasteiger partial charge in [0, 0.05) is 0 Å². The van der Waals surface area contributed by atoms with Gasteiger partial charge in [-0.15, -0.1) is 0 Å². The molecule has 2 aliphatic carbocycles. The molecule has 0 aromatic carbocycles. The highest BCUT2D eigenvalue weighted by Crippen LogP contribution is 2.41. The van der Waals surface area contributed by atoms with Gasteiger partial charge in [0.15, 0.2) is 0 Å². The van der Waals surface area contributed by atoms with Crippen LogP contribution in [0.2, 0.25) is 0 Å². The Balaban J connectivity index is 1.83. The Labute approximate surface area is 248 Å². The van der Waals surface area contributed by atoms with Crippen LogP contribution in [0.1, 0.15) is 114 Å². The molecule has 0 radical (unpaired) electrons. The highest BCUT2D eigenvalue weighted by molar-refractivity contribution is 5.37. The van der Waals surface area contributed by atoms with Crippen LogP contribution in [-0.2, 0) is 0 Å². The molecule has 0 nitrogen and oxygen atoms in total. The number of rotatable bonds is 11. The molecule has 0 saturated carbocycles. The average molecular weight is 539 g/mol. The van der Waals surface area contributed by atoms with Crippen molar-refractivity contribution in [2.75, 3.05) is 0 Å². The van der Waals surface area contributed by atoms with Crippen molar-refractivity contribution in [3.63, 3.8) is 0 Å². The van der Waals surface area contributed by atoms with E-state index in [0.29, 0.717) is 16.7 Å². The highest BCUT2D eigenvalue weighted by Gasteiger charge is 2.27. The van der Waals surface area contributed by atoms with E-state index in [2.05, 4.69) is 148 Å². The van der Waals surface area contributed by atoms with Crippen molar-refractivity contribution in [2.45, 2.75) is 114 Å². The van der Waals surface area contributed by atoms with Gasteiger partial charge in [-0.2, -0.15) is 0 Å². The second-order valence-corrected chi connectivity index (χ2v) is 13.6. The fourth-order valence-electron chi connectivity index (χ4n) is 5.98. The molecular weight excluding hydrogens is 480 g/mol. The summed E-state index contributed by atoms with van der Waals surface area (Å²) < 4.78 is 0. The Kier molecular flexibility index (Phi) is 13.4. The zero-order chi connectivity index (χ0) is 29.8. The lowest BCUT2D eigenvalue weighted by Crippen LogP contribution is -2.19. The molecule has 0 heteroatoms. The predicted octanol–water partition coefficient (Wildman–Crippen LogP) is 12.7. The van der Waals surface area contributed by atoms with Crippen LogP contribution in [-0.4, -0.2) is 0 Å². The maximum atomic E-state index is 2.41. The Morgan fingerprint density at radius 3 is 1.70 bits per heavy atom. The molecule has 2 aliphatic rings. The molecule has 0 aromatic heterocycles. The van der Waals surface area contributed by atoms with Gasteiger partial charge < -0.3 is 0 Å². The van der Waals surface area contributed by atoms with Gasteiger partial charge in [-0.25, -0.2) is 0 Å². The first kappa shape index (κ1) is 33.6. The minimum atomic E-state index is 0.294. The first-order valence-electron chi connectivity index (χ1n) is 15.6. The van der Waals surface area contributed by atoms with Crippen LogP contribution in [0.5, 0.6) is 0 Å². The second-order valence-electron chi connectivity index (χ2n) is 13.6. The molecule has 0 aromatic rings. The van der Waals surface area contributed by atoms with E-state index in [1.54, 1.807) is 16.7 Å². The van der Waals surface area contributed by atoms with Crippen molar-refractivity contribution in [1.82, 2.24) is 0 Å². The third kappa shape index (κ3) is 11.5. The van der Waals surface area contributed by atoms with Gasteiger partial charge in [0.2, 0.25) is 0 Å². The summed E-state index contributed by atoms with van der Waals surface area (Å²) >= 11 is 0. The second kappa shape index (κ2) is 16.0. The van der Waals surface area contributed by atoms with Crippen molar-refractivity contribution in [3.05, 3.63) is 118 Å². The summed E-state index contributed by atoms with van der Waals surface area (Å²) in [6, 6.07) is 0. The molecule has 0 aliphatic heterocycles. The van der Waals surface area contributed by atoms with Crippen molar-refractivity contribution in [3.8, 4) is 0 Å². The summed E-state index contributed by atoms with van der Waals surface area (Å²) in [6.07, 6.45) is 37.9. The monoisotopic (exact) mass is 538 g/mol. The average Bonchev–Trinajstić information content (AvgIpc) is 2.85. The van der Waals surface area contributed by atoms with E-state index in [1.165, 1.54) is 60.8 Å². The largest absolute Gasteiger partial charge is 0.0837 e. The summed E-state index contributed by atoms with van der Waals surface area (Å²) in [4.78, 5) is 0. The fourth-order valence-corrected chi connectivity index (χ4v) is 5.98. The predicted molar refractivity (Wildman–Crippen MR) is 181 cm³/mol. The minimum Gasteiger partial charge on any atom is -0.0837 e. The smallest absolute Gasteiger partial charge is 0.0104 e. The summed E-state index contributed by atoms with van der Waals surface area (Å²) in [5, 5.41) is 0.